The quantitative estimate of drug-likeness (QED) is 0.794. The third-order valence-corrected chi connectivity index (χ3v) is 4.07. The maximum Gasteiger partial charge on any atom is 0.133 e. The van der Waals surface area contributed by atoms with E-state index in [1.165, 1.54) is 5.56 Å². The Hall–Kier alpha value is -0.800. The maximum absolute atomic E-state index is 6.14. The first kappa shape index (κ1) is 14.6. The summed E-state index contributed by atoms with van der Waals surface area (Å²) in [7, 11) is 0. The molecule has 2 unspecified atom stereocenters. The van der Waals surface area contributed by atoms with Crippen molar-refractivity contribution >= 4 is 17.4 Å². The van der Waals surface area contributed by atoms with Crippen LogP contribution < -0.4 is 4.90 Å². The van der Waals surface area contributed by atoms with Gasteiger partial charge in [-0.1, -0.05) is 6.92 Å². The van der Waals surface area contributed by atoms with Gasteiger partial charge in [-0.2, -0.15) is 0 Å². The molecule has 0 spiro atoms. The Kier molecular flexibility index (Phi) is 4.69. The van der Waals surface area contributed by atoms with E-state index < -0.39 is 0 Å². The Bertz CT molecular complexity index is 450. The van der Waals surface area contributed by atoms with Gasteiger partial charge < -0.3 is 9.64 Å². The molecule has 1 saturated heterocycles. The van der Waals surface area contributed by atoms with Gasteiger partial charge in [-0.15, -0.1) is 11.6 Å². The van der Waals surface area contributed by atoms with Gasteiger partial charge in [-0.3, -0.25) is 0 Å². The average molecular weight is 283 g/mol. The van der Waals surface area contributed by atoms with Crippen molar-refractivity contribution in [2.45, 2.75) is 52.1 Å². The molecule has 3 nitrogen and oxygen atoms in total. The van der Waals surface area contributed by atoms with Crippen molar-refractivity contribution in [3.05, 3.63) is 22.9 Å². The van der Waals surface area contributed by atoms with Crippen LogP contribution in [0.4, 0.5) is 5.82 Å². The first-order chi connectivity index (χ1) is 9.06. The highest BCUT2D eigenvalue weighted by molar-refractivity contribution is 6.17. The molecule has 1 fully saturated rings. The summed E-state index contributed by atoms with van der Waals surface area (Å²) in [6, 6.07) is 2.50. The summed E-state index contributed by atoms with van der Waals surface area (Å²) in [5.41, 5.74) is 3.43. The van der Waals surface area contributed by atoms with Crippen molar-refractivity contribution < 1.29 is 4.74 Å². The third-order valence-electron chi connectivity index (χ3n) is 3.80. The molecule has 2 rings (SSSR count). The van der Waals surface area contributed by atoms with Gasteiger partial charge in [-0.25, -0.2) is 4.98 Å². The summed E-state index contributed by atoms with van der Waals surface area (Å²) >= 11 is 6.14. The lowest BCUT2D eigenvalue weighted by Gasteiger charge is -2.40. The Labute approximate surface area is 120 Å². The largest absolute Gasteiger partial charge is 0.375 e. The second-order valence-electron chi connectivity index (χ2n) is 5.37. The van der Waals surface area contributed by atoms with E-state index in [-0.39, 0.29) is 6.10 Å². The Morgan fingerprint density at radius 1 is 1.47 bits per heavy atom. The van der Waals surface area contributed by atoms with Gasteiger partial charge in [0.05, 0.1) is 24.6 Å². The van der Waals surface area contributed by atoms with E-state index >= 15 is 0 Å². The predicted molar refractivity (Wildman–Crippen MR) is 80.1 cm³/mol. The fourth-order valence-corrected chi connectivity index (χ4v) is 3.02. The lowest BCUT2D eigenvalue weighted by molar-refractivity contribution is 0.0295. The first-order valence-corrected chi connectivity index (χ1v) is 7.51. The summed E-state index contributed by atoms with van der Waals surface area (Å²) in [6.45, 7) is 10.1. The van der Waals surface area contributed by atoms with Crippen molar-refractivity contribution in [3.63, 3.8) is 0 Å². The van der Waals surface area contributed by atoms with E-state index in [9.17, 15) is 0 Å². The van der Waals surface area contributed by atoms with Gasteiger partial charge in [0.25, 0.3) is 0 Å². The second kappa shape index (κ2) is 6.10. The zero-order valence-electron chi connectivity index (χ0n) is 12.2. The number of hydrogen-bond donors (Lipinski definition) is 0. The number of aromatic nitrogens is 1. The number of hydrogen-bond acceptors (Lipinski definition) is 3. The third kappa shape index (κ3) is 3.03. The number of nitrogens with zero attached hydrogens (tertiary/aromatic N) is 2. The summed E-state index contributed by atoms with van der Waals surface area (Å²) in [5.74, 6) is 1.56. The van der Waals surface area contributed by atoms with Crippen molar-refractivity contribution in [2.75, 3.05) is 18.1 Å². The molecule has 1 aromatic heterocycles. The Morgan fingerprint density at radius 2 is 2.21 bits per heavy atom. The number of aryl methyl sites for hydroxylation is 2. The summed E-state index contributed by atoms with van der Waals surface area (Å²) in [6.07, 6.45) is 1.30. The minimum atomic E-state index is 0.244. The highest BCUT2D eigenvalue weighted by atomic mass is 35.5. The summed E-state index contributed by atoms with van der Waals surface area (Å²) in [4.78, 5) is 7.13. The Morgan fingerprint density at radius 3 is 2.84 bits per heavy atom. The van der Waals surface area contributed by atoms with Crippen LogP contribution in [-0.2, 0) is 10.6 Å². The van der Waals surface area contributed by atoms with Gasteiger partial charge in [0.1, 0.15) is 5.82 Å². The number of halogens is 1. The number of morpholine rings is 1. The van der Waals surface area contributed by atoms with Gasteiger partial charge in [0, 0.05) is 17.8 Å². The van der Waals surface area contributed by atoms with Crippen molar-refractivity contribution in [1.82, 2.24) is 4.98 Å². The SMILES string of the molecule is CCC1COC(C)CN1c1nc(C)cc(C)c1CCl. The minimum Gasteiger partial charge on any atom is -0.375 e. The van der Waals surface area contributed by atoms with Crippen LogP contribution in [0.3, 0.4) is 0 Å². The lowest BCUT2D eigenvalue weighted by atomic mass is 10.1. The molecule has 2 atom stereocenters. The van der Waals surface area contributed by atoms with Crippen LogP contribution in [0.5, 0.6) is 0 Å². The normalized spacial score (nSPS) is 23.7. The smallest absolute Gasteiger partial charge is 0.133 e. The molecule has 0 saturated carbocycles. The zero-order chi connectivity index (χ0) is 14.0. The molecule has 0 amide bonds. The van der Waals surface area contributed by atoms with Crippen molar-refractivity contribution in [2.24, 2.45) is 0 Å². The topological polar surface area (TPSA) is 25.4 Å². The summed E-state index contributed by atoms with van der Waals surface area (Å²) < 4.78 is 5.76. The van der Waals surface area contributed by atoms with E-state index in [0.717, 1.165) is 36.6 Å². The van der Waals surface area contributed by atoms with Crippen LogP contribution >= 0.6 is 11.6 Å². The second-order valence-corrected chi connectivity index (χ2v) is 5.64. The standard InChI is InChI=1S/C15H23ClN2O/c1-5-13-9-19-12(4)8-18(13)15-14(7-16)10(2)6-11(3)17-15/h6,12-13H,5,7-9H2,1-4H3. The monoisotopic (exact) mass is 282 g/mol. The number of alkyl halides is 1. The van der Waals surface area contributed by atoms with E-state index in [2.05, 4.69) is 31.7 Å². The lowest BCUT2D eigenvalue weighted by Crippen LogP contribution is -2.49. The van der Waals surface area contributed by atoms with Crippen molar-refractivity contribution in [3.8, 4) is 0 Å². The molecule has 1 aromatic rings. The van der Waals surface area contributed by atoms with E-state index in [1.807, 2.05) is 6.92 Å². The molecule has 2 heterocycles. The fraction of sp³-hybridized carbons (Fsp3) is 0.667. The molecular formula is C15H23ClN2O. The van der Waals surface area contributed by atoms with Gasteiger partial charge >= 0.3 is 0 Å². The van der Waals surface area contributed by atoms with Crippen LogP contribution in [0.15, 0.2) is 6.07 Å². The maximum atomic E-state index is 6.14. The van der Waals surface area contributed by atoms with Crippen LogP contribution in [-0.4, -0.2) is 30.3 Å². The van der Waals surface area contributed by atoms with Crippen LogP contribution in [0, 0.1) is 13.8 Å². The molecule has 19 heavy (non-hydrogen) atoms. The van der Waals surface area contributed by atoms with Gasteiger partial charge in [0.15, 0.2) is 0 Å². The number of anilines is 1. The van der Waals surface area contributed by atoms with Crippen LogP contribution in [0.25, 0.3) is 0 Å². The van der Waals surface area contributed by atoms with Crippen LogP contribution in [0.2, 0.25) is 0 Å². The molecule has 1 aliphatic heterocycles. The Balaban J connectivity index is 2.43. The molecule has 1 aliphatic rings. The molecule has 0 aromatic carbocycles. The van der Waals surface area contributed by atoms with Gasteiger partial charge in [-0.05, 0) is 38.8 Å². The van der Waals surface area contributed by atoms with E-state index in [1.54, 1.807) is 0 Å². The van der Waals surface area contributed by atoms with Crippen LogP contribution in [0.1, 0.15) is 37.1 Å². The molecule has 0 aliphatic carbocycles. The molecular weight excluding hydrogens is 260 g/mol. The molecule has 106 valence electrons. The van der Waals surface area contributed by atoms with Crippen molar-refractivity contribution in [1.29, 1.82) is 0 Å². The molecule has 0 bridgehead atoms. The van der Waals surface area contributed by atoms with E-state index in [4.69, 9.17) is 21.3 Å². The fourth-order valence-electron chi connectivity index (χ4n) is 2.69. The zero-order valence-corrected chi connectivity index (χ0v) is 13.0. The number of ether oxygens (including phenoxy) is 1. The average Bonchev–Trinajstić information content (AvgIpc) is 2.37. The molecule has 0 radical (unpaired) electrons. The predicted octanol–water partition coefficient (Wildman–Crippen LogP) is 3.44. The summed E-state index contributed by atoms with van der Waals surface area (Å²) in [5, 5.41) is 0. The number of rotatable bonds is 3. The number of pyridine rings is 1. The van der Waals surface area contributed by atoms with E-state index in [0.29, 0.717) is 11.9 Å². The highest BCUT2D eigenvalue weighted by Gasteiger charge is 2.28. The van der Waals surface area contributed by atoms with Gasteiger partial charge in [0.2, 0.25) is 0 Å². The minimum absolute atomic E-state index is 0.244. The highest BCUT2D eigenvalue weighted by Crippen LogP contribution is 2.29. The molecule has 0 N–H and O–H groups in total. The molecule has 4 heteroatoms. The first-order valence-electron chi connectivity index (χ1n) is 6.98.